The largest absolute Gasteiger partial charge is 0.508 e. The summed E-state index contributed by atoms with van der Waals surface area (Å²) in [6.45, 7) is 7.23. The van der Waals surface area contributed by atoms with Crippen molar-refractivity contribution in [2.75, 3.05) is 33.4 Å². The van der Waals surface area contributed by atoms with Gasteiger partial charge in [-0.15, -0.1) is 11.3 Å². The number of esters is 1. The average molecular weight is 644 g/mol. The molecule has 12 heteroatoms. The number of nitrogens with one attached hydrogen (secondary N) is 2. The number of carbonyl (C=O) groups excluding carboxylic acids is 4. The van der Waals surface area contributed by atoms with Crippen molar-refractivity contribution in [1.82, 2.24) is 25.4 Å². The Labute approximate surface area is 270 Å². The van der Waals surface area contributed by atoms with E-state index in [0.29, 0.717) is 50.9 Å². The maximum Gasteiger partial charge on any atom is 0.307 e. The Bertz CT molecular complexity index is 1250. The summed E-state index contributed by atoms with van der Waals surface area (Å²) in [6, 6.07) is 5.86. The lowest BCUT2D eigenvalue weighted by Crippen LogP contribution is -2.57. The third kappa shape index (κ3) is 11.4. The summed E-state index contributed by atoms with van der Waals surface area (Å²) >= 11 is 1.38. The van der Waals surface area contributed by atoms with Gasteiger partial charge in [0.05, 0.1) is 11.0 Å². The molecule has 1 aromatic carbocycles. The van der Waals surface area contributed by atoms with Crippen LogP contribution in [0.5, 0.6) is 5.75 Å². The minimum Gasteiger partial charge on any atom is -0.508 e. The summed E-state index contributed by atoms with van der Waals surface area (Å²) in [5, 5.41) is 17.8. The van der Waals surface area contributed by atoms with Crippen molar-refractivity contribution in [3.8, 4) is 5.75 Å². The normalized spacial score (nSPS) is 16.4. The molecular formula is C33H49N5O6S. The standard InChI is InChI=1S/C33H49N5O6S/c1-5-10-29(40)44-22-38(33(43)30(23(3)6-2)36-32(42)27-11-7-8-19-37(27)4)20-9-12-28-35-26(21-45-28)31(41)34-18-17-24-13-15-25(39)16-14-24/h13-16,21,23,27,30,39H,5-12,17-20,22H2,1-4H3,(H,34,41)(H,36,42)/t23?,27-,30?/m1/s1. The van der Waals surface area contributed by atoms with Crippen molar-refractivity contribution in [2.24, 2.45) is 5.92 Å². The summed E-state index contributed by atoms with van der Waals surface area (Å²) < 4.78 is 5.45. The number of hydrogen-bond donors (Lipinski definition) is 3. The van der Waals surface area contributed by atoms with Crippen LogP contribution in [0.15, 0.2) is 29.6 Å². The minimum absolute atomic E-state index is 0.113. The Morgan fingerprint density at radius 2 is 1.91 bits per heavy atom. The number of likely N-dealkylation sites (tertiary alicyclic amines) is 1. The van der Waals surface area contributed by atoms with E-state index in [2.05, 4.69) is 15.6 Å². The zero-order valence-electron chi connectivity index (χ0n) is 27.0. The smallest absolute Gasteiger partial charge is 0.307 e. The van der Waals surface area contributed by atoms with Crippen molar-refractivity contribution < 1.29 is 29.0 Å². The predicted octanol–water partition coefficient (Wildman–Crippen LogP) is 3.90. The Morgan fingerprint density at radius 3 is 2.60 bits per heavy atom. The SMILES string of the molecule is CCCC(=O)OCN(CCCc1nc(C(=O)NCCc2ccc(O)cc2)cs1)C(=O)C(NC(=O)[C@H]1CCCCN1C)C(C)CC. The van der Waals surface area contributed by atoms with E-state index in [4.69, 9.17) is 4.74 Å². The maximum atomic E-state index is 13.9. The number of nitrogens with zero attached hydrogens (tertiary/aromatic N) is 3. The number of amides is 3. The van der Waals surface area contributed by atoms with E-state index in [1.54, 1.807) is 17.5 Å². The molecule has 3 amide bonds. The highest BCUT2D eigenvalue weighted by atomic mass is 32.1. The number of carbonyl (C=O) groups is 4. The molecule has 1 aliphatic rings. The number of aromatic nitrogens is 1. The summed E-state index contributed by atoms with van der Waals surface area (Å²) in [4.78, 5) is 60.0. The number of piperidine rings is 1. The lowest BCUT2D eigenvalue weighted by molar-refractivity contribution is -0.155. The molecule has 3 rings (SSSR count). The molecule has 3 N–H and O–H groups in total. The van der Waals surface area contributed by atoms with Crippen molar-refractivity contribution in [3.63, 3.8) is 0 Å². The quantitative estimate of drug-likeness (QED) is 0.174. The first-order chi connectivity index (χ1) is 21.6. The number of thiazole rings is 1. The van der Waals surface area contributed by atoms with Crippen molar-refractivity contribution >= 4 is 35.0 Å². The first-order valence-corrected chi connectivity index (χ1v) is 17.0. The van der Waals surface area contributed by atoms with Crippen molar-refractivity contribution in [2.45, 2.75) is 90.6 Å². The molecule has 1 saturated heterocycles. The number of aromatic hydroxyl groups is 1. The summed E-state index contributed by atoms with van der Waals surface area (Å²) in [6.07, 6.45) is 6.09. The second kappa shape index (κ2) is 18.5. The van der Waals surface area contributed by atoms with Gasteiger partial charge in [-0.1, -0.05) is 45.7 Å². The maximum absolute atomic E-state index is 13.9. The molecular weight excluding hydrogens is 594 g/mol. The van der Waals surface area contributed by atoms with Gasteiger partial charge in [-0.2, -0.15) is 0 Å². The first kappa shape index (κ1) is 36.0. The molecule has 1 aliphatic heterocycles. The Hall–Kier alpha value is -3.51. The van der Waals surface area contributed by atoms with Gasteiger partial charge in [0.2, 0.25) is 11.8 Å². The zero-order chi connectivity index (χ0) is 32.8. The molecule has 45 heavy (non-hydrogen) atoms. The number of benzene rings is 1. The highest BCUT2D eigenvalue weighted by Crippen LogP contribution is 2.19. The molecule has 1 aromatic heterocycles. The van der Waals surface area contributed by atoms with E-state index in [1.807, 2.05) is 44.9 Å². The van der Waals surface area contributed by atoms with E-state index in [0.717, 1.165) is 36.4 Å². The molecule has 0 spiro atoms. The third-order valence-electron chi connectivity index (χ3n) is 8.24. The highest BCUT2D eigenvalue weighted by Gasteiger charge is 2.34. The molecule has 0 aliphatic carbocycles. The lowest BCUT2D eigenvalue weighted by Gasteiger charge is -2.35. The van der Waals surface area contributed by atoms with Gasteiger partial charge in [0.25, 0.3) is 5.91 Å². The summed E-state index contributed by atoms with van der Waals surface area (Å²) in [5.41, 5.74) is 1.34. The fourth-order valence-corrected chi connectivity index (χ4v) is 6.05. The van der Waals surface area contributed by atoms with Gasteiger partial charge >= 0.3 is 5.97 Å². The van der Waals surface area contributed by atoms with E-state index in [9.17, 15) is 24.3 Å². The van der Waals surface area contributed by atoms with Gasteiger partial charge in [0.1, 0.15) is 17.5 Å². The minimum atomic E-state index is -0.737. The van der Waals surface area contributed by atoms with Crippen LogP contribution in [0.3, 0.4) is 0 Å². The van der Waals surface area contributed by atoms with Crippen LogP contribution in [0.2, 0.25) is 0 Å². The van der Waals surface area contributed by atoms with Crippen molar-refractivity contribution in [3.05, 3.63) is 45.9 Å². The van der Waals surface area contributed by atoms with Crippen LogP contribution in [0.4, 0.5) is 0 Å². The van der Waals surface area contributed by atoms with E-state index < -0.39 is 6.04 Å². The van der Waals surface area contributed by atoms with Gasteiger partial charge in [-0.3, -0.25) is 24.1 Å². The molecule has 0 radical (unpaired) electrons. The summed E-state index contributed by atoms with van der Waals surface area (Å²) in [5.74, 6) is -0.953. The molecule has 3 atom stereocenters. The van der Waals surface area contributed by atoms with Crippen LogP contribution < -0.4 is 10.6 Å². The van der Waals surface area contributed by atoms with E-state index >= 15 is 0 Å². The van der Waals surface area contributed by atoms with Crippen LogP contribution >= 0.6 is 11.3 Å². The molecule has 1 fully saturated rings. The molecule has 2 unspecified atom stereocenters. The van der Waals surface area contributed by atoms with Gasteiger partial charge in [-0.25, -0.2) is 4.98 Å². The molecule has 248 valence electrons. The van der Waals surface area contributed by atoms with E-state index in [-0.39, 0.29) is 54.6 Å². The number of aryl methyl sites for hydroxylation is 1. The Kier molecular flexibility index (Phi) is 14.8. The number of phenolic OH excluding ortho intramolecular Hbond substituents is 1. The molecule has 0 bridgehead atoms. The number of likely N-dealkylation sites (N-methyl/N-ethyl adjacent to an activating group) is 1. The van der Waals surface area contributed by atoms with Gasteiger partial charge in [-0.05, 0) is 69.3 Å². The average Bonchev–Trinajstić information content (AvgIpc) is 3.51. The topological polar surface area (TPSA) is 141 Å². The number of phenols is 1. The fourth-order valence-electron chi connectivity index (χ4n) is 5.22. The number of rotatable bonds is 17. The number of ether oxygens (including phenoxy) is 1. The molecule has 11 nitrogen and oxygen atoms in total. The van der Waals surface area contributed by atoms with Crippen LogP contribution in [0, 0.1) is 5.92 Å². The Balaban J connectivity index is 1.60. The summed E-state index contributed by atoms with van der Waals surface area (Å²) in [7, 11) is 1.94. The molecule has 2 aromatic rings. The first-order valence-electron chi connectivity index (χ1n) is 16.1. The second-order valence-electron chi connectivity index (χ2n) is 11.8. The lowest BCUT2D eigenvalue weighted by atomic mass is 9.96. The van der Waals surface area contributed by atoms with Crippen molar-refractivity contribution in [1.29, 1.82) is 0 Å². The van der Waals surface area contributed by atoms with Gasteiger partial charge < -0.3 is 25.4 Å². The predicted molar refractivity (Wildman–Crippen MR) is 174 cm³/mol. The highest BCUT2D eigenvalue weighted by molar-refractivity contribution is 7.09. The monoisotopic (exact) mass is 643 g/mol. The van der Waals surface area contributed by atoms with Crippen LogP contribution in [-0.4, -0.2) is 89.1 Å². The van der Waals surface area contributed by atoms with Gasteiger partial charge in [0, 0.05) is 31.3 Å². The third-order valence-corrected chi connectivity index (χ3v) is 9.14. The van der Waals surface area contributed by atoms with Crippen LogP contribution in [0.25, 0.3) is 0 Å². The van der Waals surface area contributed by atoms with Crippen LogP contribution in [0.1, 0.15) is 86.8 Å². The molecule has 2 heterocycles. The van der Waals surface area contributed by atoms with E-state index in [1.165, 1.54) is 16.2 Å². The fraction of sp³-hybridized carbons (Fsp3) is 0.606. The molecule has 0 saturated carbocycles. The van der Waals surface area contributed by atoms with Crippen LogP contribution in [-0.2, 0) is 32.0 Å². The Morgan fingerprint density at radius 1 is 1.16 bits per heavy atom. The number of hydrogen-bond acceptors (Lipinski definition) is 9. The van der Waals surface area contributed by atoms with Gasteiger partial charge in [0.15, 0.2) is 6.73 Å². The zero-order valence-corrected chi connectivity index (χ0v) is 27.9. The second-order valence-corrected chi connectivity index (χ2v) is 12.7.